The molecule has 0 bridgehead atoms. The van der Waals surface area contributed by atoms with Crippen LogP contribution in [0.25, 0.3) is 0 Å². The average molecular weight is 236 g/mol. The van der Waals surface area contributed by atoms with E-state index in [0.29, 0.717) is 12.5 Å². The lowest BCUT2D eigenvalue weighted by atomic mass is 9.98. The summed E-state index contributed by atoms with van der Waals surface area (Å²) in [6.45, 7) is 3.36. The fraction of sp³-hybridized carbons (Fsp3) is 0.667. The number of aromatic nitrogens is 2. The van der Waals surface area contributed by atoms with Crippen LogP contribution in [0.4, 0.5) is 0 Å². The van der Waals surface area contributed by atoms with E-state index in [1.807, 2.05) is 24.2 Å². The van der Waals surface area contributed by atoms with Gasteiger partial charge in [-0.05, 0) is 37.9 Å². The van der Waals surface area contributed by atoms with Gasteiger partial charge in [0.1, 0.15) is 6.54 Å². The summed E-state index contributed by atoms with van der Waals surface area (Å²) >= 11 is 0. The molecule has 2 rings (SSSR count). The number of nitrogens with one attached hydrogen (secondary N) is 1. The molecule has 1 saturated heterocycles. The molecule has 0 atom stereocenters. The first-order valence-corrected chi connectivity index (χ1v) is 6.18. The molecule has 94 valence electrons. The Morgan fingerprint density at radius 1 is 1.53 bits per heavy atom. The Kier molecular flexibility index (Phi) is 4.14. The van der Waals surface area contributed by atoms with Crippen LogP contribution in [-0.2, 0) is 11.3 Å². The molecular formula is C12H20N4O. The second kappa shape index (κ2) is 5.82. The van der Waals surface area contributed by atoms with Crippen molar-refractivity contribution < 1.29 is 4.79 Å². The van der Waals surface area contributed by atoms with E-state index in [9.17, 15) is 4.79 Å². The molecule has 0 saturated carbocycles. The number of likely N-dealkylation sites (N-methyl/N-ethyl adjacent to an activating group) is 1. The summed E-state index contributed by atoms with van der Waals surface area (Å²) in [6.07, 6.45) is 5.84. The molecule has 0 radical (unpaired) electrons. The molecule has 1 aliphatic heterocycles. The number of hydrogen-bond donors (Lipinski definition) is 1. The monoisotopic (exact) mass is 236 g/mol. The van der Waals surface area contributed by atoms with Gasteiger partial charge in [-0.15, -0.1) is 0 Å². The molecule has 0 spiro atoms. The van der Waals surface area contributed by atoms with Gasteiger partial charge in [0.25, 0.3) is 0 Å². The third-order valence-electron chi connectivity index (χ3n) is 3.27. The first kappa shape index (κ1) is 12.1. The topological polar surface area (TPSA) is 50.2 Å². The fourth-order valence-electron chi connectivity index (χ4n) is 2.21. The van der Waals surface area contributed by atoms with Gasteiger partial charge in [-0.2, -0.15) is 5.10 Å². The molecule has 1 aromatic heterocycles. The minimum atomic E-state index is 0.132. The normalized spacial score (nSPS) is 17.0. The van der Waals surface area contributed by atoms with E-state index in [0.717, 1.165) is 19.6 Å². The van der Waals surface area contributed by atoms with E-state index in [-0.39, 0.29) is 5.91 Å². The first-order valence-electron chi connectivity index (χ1n) is 6.18. The van der Waals surface area contributed by atoms with Crippen LogP contribution < -0.4 is 5.32 Å². The van der Waals surface area contributed by atoms with E-state index < -0.39 is 0 Å². The number of hydrogen-bond acceptors (Lipinski definition) is 3. The summed E-state index contributed by atoms with van der Waals surface area (Å²) in [5, 5.41) is 7.38. The first-order chi connectivity index (χ1) is 8.25. The van der Waals surface area contributed by atoms with Crippen LogP contribution in [0, 0.1) is 5.92 Å². The molecule has 1 fully saturated rings. The summed E-state index contributed by atoms with van der Waals surface area (Å²) in [5.74, 6) is 0.773. The van der Waals surface area contributed by atoms with Gasteiger partial charge < -0.3 is 10.2 Å². The molecule has 5 heteroatoms. The molecule has 1 aliphatic rings. The quantitative estimate of drug-likeness (QED) is 0.820. The van der Waals surface area contributed by atoms with E-state index >= 15 is 0 Å². The maximum Gasteiger partial charge on any atom is 0.244 e. The van der Waals surface area contributed by atoms with Crippen LogP contribution in [0.2, 0.25) is 0 Å². The Balaban J connectivity index is 1.78. The van der Waals surface area contributed by atoms with Gasteiger partial charge in [0.2, 0.25) is 5.91 Å². The van der Waals surface area contributed by atoms with Crippen molar-refractivity contribution in [1.82, 2.24) is 20.0 Å². The molecule has 0 aliphatic carbocycles. The lowest BCUT2D eigenvalue weighted by Crippen LogP contribution is -2.38. The average Bonchev–Trinajstić information content (AvgIpc) is 2.83. The van der Waals surface area contributed by atoms with E-state index in [1.165, 1.54) is 12.8 Å². The number of nitrogens with zero attached hydrogens (tertiary/aromatic N) is 3. The third-order valence-corrected chi connectivity index (χ3v) is 3.27. The van der Waals surface area contributed by atoms with Crippen LogP contribution in [-0.4, -0.2) is 47.3 Å². The maximum absolute atomic E-state index is 11.9. The van der Waals surface area contributed by atoms with Crippen LogP contribution in [0.15, 0.2) is 18.5 Å². The SMILES string of the molecule is CN(CC1CCNCC1)C(=O)Cn1cccn1. The zero-order valence-corrected chi connectivity index (χ0v) is 10.3. The van der Waals surface area contributed by atoms with Crippen LogP contribution in [0.1, 0.15) is 12.8 Å². The maximum atomic E-state index is 11.9. The second-order valence-corrected chi connectivity index (χ2v) is 4.67. The van der Waals surface area contributed by atoms with Crippen LogP contribution in [0.5, 0.6) is 0 Å². The molecule has 17 heavy (non-hydrogen) atoms. The van der Waals surface area contributed by atoms with Crippen molar-refractivity contribution in [1.29, 1.82) is 0 Å². The molecule has 1 N–H and O–H groups in total. The standard InChI is InChI=1S/C12H20N4O/c1-15(9-11-3-6-13-7-4-11)12(17)10-16-8-2-5-14-16/h2,5,8,11,13H,3-4,6-7,9-10H2,1H3. The summed E-state index contributed by atoms with van der Waals surface area (Å²) in [4.78, 5) is 13.8. The largest absolute Gasteiger partial charge is 0.344 e. The predicted octanol–water partition coefficient (Wildman–Crippen LogP) is 0.341. The van der Waals surface area contributed by atoms with Crippen molar-refractivity contribution in [2.75, 3.05) is 26.7 Å². The highest BCUT2D eigenvalue weighted by atomic mass is 16.2. The Morgan fingerprint density at radius 3 is 2.94 bits per heavy atom. The van der Waals surface area contributed by atoms with Crippen molar-refractivity contribution >= 4 is 5.91 Å². The van der Waals surface area contributed by atoms with Gasteiger partial charge in [-0.3, -0.25) is 9.48 Å². The van der Waals surface area contributed by atoms with Crippen molar-refractivity contribution in [3.63, 3.8) is 0 Å². The molecular weight excluding hydrogens is 216 g/mol. The van der Waals surface area contributed by atoms with E-state index in [2.05, 4.69) is 10.4 Å². The number of carbonyl (C=O) groups is 1. The van der Waals surface area contributed by atoms with Gasteiger partial charge >= 0.3 is 0 Å². The summed E-state index contributed by atoms with van der Waals surface area (Å²) in [5.41, 5.74) is 0. The Labute approximate surface area is 102 Å². The van der Waals surface area contributed by atoms with Gasteiger partial charge in [0.15, 0.2) is 0 Å². The minimum Gasteiger partial charge on any atom is -0.344 e. The minimum absolute atomic E-state index is 0.132. The Morgan fingerprint density at radius 2 is 2.29 bits per heavy atom. The highest BCUT2D eigenvalue weighted by molar-refractivity contribution is 5.75. The molecule has 0 unspecified atom stereocenters. The zero-order valence-electron chi connectivity index (χ0n) is 10.3. The van der Waals surface area contributed by atoms with Crippen molar-refractivity contribution in [2.24, 2.45) is 5.92 Å². The van der Waals surface area contributed by atoms with Crippen LogP contribution in [0.3, 0.4) is 0 Å². The lowest BCUT2D eigenvalue weighted by Gasteiger charge is -2.27. The second-order valence-electron chi connectivity index (χ2n) is 4.67. The van der Waals surface area contributed by atoms with E-state index in [4.69, 9.17) is 0 Å². The molecule has 1 aromatic rings. The van der Waals surface area contributed by atoms with Gasteiger partial charge in [-0.25, -0.2) is 0 Å². The van der Waals surface area contributed by atoms with Crippen molar-refractivity contribution in [3.05, 3.63) is 18.5 Å². The fourth-order valence-corrected chi connectivity index (χ4v) is 2.21. The Bertz CT molecular complexity index is 343. The summed E-state index contributed by atoms with van der Waals surface area (Å²) < 4.78 is 1.67. The predicted molar refractivity (Wildman–Crippen MR) is 65.5 cm³/mol. The van der Waals surface area contributed by atoms with Crippen LogP contribution >= 0.6 is 0 Å². The van der Waals surface area contributed by atoms with Gasteiger partial charge in [0, 0.05) is 26.0 Å². The number of piperidine rings is 1. The number of carbonyl (C=O) groups excluding carboxylic acids is 1. The number of rotatable bonds is 4. The smallest absolute Gasteiger partial charge is 0.244 e. The highest BCUT2D eigenvalue weighted by Gasteiger charge is 2.18. The molecule has 1 amide bonds. The van der Waals surface area contributed by atoms with Gasteiger partial charge in [0.05, 0.1) is 0 Å². The molecule has 2 heterocycles. The Hall–Kier alpha value is -1.36. The summed E-state index contributed by atoms with van der Waals surface area (Å²) in [7, 11) is 1.88. The lowest BCUT2D eigenvalue weighted by molar-refractivity contribution is -0.131. The zero-order chi connectivity index (χ0) is 12.1. The van der Waals surface area contributed by atoms with Crippen molar-refractivity contribution in [3.8, 4) is 0 Å². The summed E-state index contributed by atoms with van der Waals surface area (Å²) in [6, 6.07) is 1.83. The van der Waals surface area contributed by atoms with Gasteiger partial charge in [-0.1, -0.05) is 0 Å². The van der Waals surface area contributed by atoms with E-state index in [1.54, 1.807) is 10.9 Å². The molecule has 0 aromatic carbocycles. The molecule has 5 nitrogen and oxygen atoms in total. The number of amides is 1. The highest BCUT2D eigenvalue weighted by Crippen LogP contribution is 2.12. The van der Waals surface area contributed by atoms with Crippen molar-refractivity contribution in [2.45, 2.75) is 19.4 Å². The third kappa shape index (κ3) is 3.56.